The smallest absolute Gasteiger partial charge is 0.236 e. The fourth-order valence-corrected chi connectivity index (χ4v) is 0.857. The molecule has 0 fully saturated rings. The van der Waals surface area contributed by atoms with Crippen molar-refractivity contribution in [2.45, 2.75) is 39.3 Å². The third-order valence-electron chi connectivity index (χ3n) is 1.40. The Morgan fingerprint density at radius 1 is 1.42 bits per heavy atom. The van der Waals surface area contributed by atoms with Crippen molar-refractivity contribution in [2.75, 3.05) is 0 Å². The number of carbonyl (C=O) groups is 2. The van der Waals surface area contributed by atoms with Gasteiger partial charge in [0.2, 0.25) is 5.91 Å². The quantitative estimate of drug-likeness (QED) is 0.617. The first-order chi connectivity index (χ1) is 5.43. The highest BCUT2D eigenvalue weighted by atomic mass is 16.2. The van der Waals surface area contributed by atoms with Crippen LogP contribution in [0.3, 0.4) is 0 Å². The Morgan fingerprint density at radius 2 is 1.92 bits per heavy atom. The summed E-state index contributed by atoms with van der Waals surface area (Å²) < 4.78 is 0. The Balaban J connectivity index is 3.76. The summed E-state index contributed by atoms with van der Waals surface area (Å²) in [6, 6.07) is -0.639. The molecule has 0 radical (unpaired) electrons. The van der Waals surface area contributed by atoms with Gasteiger partial charge in [-0.25, -0.2) is 0 Å². The van der Waals surface area contributed by atoms with Crippen LogP contribution in [0.1, 0.15) is 27.2 Å². The molecule has 12 heavy (non-hydrogen) atoms. The molecule has 0 spiro atoms. The maximum atomic E-state index is 11.0. The van der Waals surface area contributed by atoms with Gasteiger partial charge in [0.1, 0.15) is 5.78 Å². The lowest BCUT2D eigenvalue weighted by Gasteiger charge is -2.13. The number of hydrogen-bond donors (Lipinski definition) is 2. The van der Waals surface area contributed by atoms with Crippen LogP contribution in [0, 0.1) is 0 Å². The first kappa shape index (κ1) is 11.1. The maximum Gasteiger partial charge on any atom is 0.236 e. The molecule has 0 saturated heterocycles. The van der Waals surface area contributed by atoms with E-state index in [0.717, 1.165) is 0 Å². The van der Waals surface area contributed by atoms with Gasteiger partial charge in [0.25, 0.3) is 0 Å². The Bertz CT molecular complexity index is 178. The topological polar surface area (TPSA) is 72.2 Å². The predicted octanol–water partition coefficient (Wildman–Crippen LogP) is -0.183. The SMILES string of the molecule is CC(=O)CC(C)NC(=O)C(C)N. The largest absolute Gasteiger partial charge is 0.352 e. The molecule has 2 atom stereocenters. The molecule has 4 heteroatoms. The minimum absolute atomic E-state index is 0.0625. The molecule has 0 aliphatic rings. The standard InChI is InChI=1S/C8H16N2O2/c1-5(4-6(2)11)10-8(12)7(3)9/h5,7H,4,9H2,1-3H3,(H,10,12). The van der Waals surface area contributed by atoms with Gasteiger partial charge in [-0.3, -0.25) is 9.59 Å². The summed E-state index contributed by atoms with van der Waals surface area (Å²) in [5.41, 5.74) is 5.32. The van der Waals surface area contributed by atoms with Crippen molar-refractivity contribution in [1.82, 2.24) is 5.32 Å². The van der Waals surface area contributed by atoms with Crippen molar-refractivity contribution in [3.63, 3.8) is 0 Å². The van der Waals surface area contributed by atoms with Gasteiger partial charge in [-0.15, -0.1) is 0 Å². The summed E-state index contributed by atoms with van der Waals surface area (Å²) in [6.45, 7) is 4.88. The molecular formula is C8H16N2O2. The van der Waals surface area contributed by atoms with Crippen molar-refractivity contribution < 1.29 is 9.59 Å². The Morgan fingerprint density at radius 3 is 2.25 bits per heavy atom. The summed E-state index contributed by atoms with van der Waals surface area (Å²) in [7, 11) is 0. The van der Waals surface area contributed by atoms with Crippen molar-refractivity contribution in [1.29, 1.82) is 0 Å². The summed E-state index contributed by atoms with van der Waals surface area (Å²) in [5, 5.41) is 2.63. The predicted molar refractivity (Wildman–Crippen MR) is 46.6 cm³/mol. The molecule has 0 rings (SSSR count). The van der Waals surface area contributed by atoms with E-state index < -0.39 is 6.04 Å². The fourth-order valence-electron chi connectivity index (χ4n) is 0.857. The summed E-state index contributed by atoms with van der Waals surface area (Å²) in [4.78, 5) is 21.6. The highest BCUT2D eigenvalue weighted by Gasteiger charge is 2.11. The Labute approximate surface area is 72.5 Å². The molecule has 0 aromatic carbocycles. The van der Waals surface area contributed by atoms with E-state index in [2.05, 4.69) is 5.32 Å². The third-order valence-corrected chi connectivity index (χ3v) is 1.40. The summed E-state index contributed by atoms with van der Waals surface area (Å²) in [5.74, 6) is -0.156. The van der Waals surface area contributed by atoms with Gasteiger partial charge in [-0.05, 0) is 20.8 Å². The van der Waals surface area contributed by atoms with Crippen molar-refractivity contribution in [3.05, 3.63) is 0 Å². The minimum atomic E-state index is -0.514. The molecule has 0 aliphatic carbocycles. The van der Waals surface area contributed by atoms with Crippen LogP contribution in [0.2, 0.25) is 0 Å². The second-order valence-corrected chi connectivity index (χ2v) is 3.10. The van der Waals surface area contributed by atoms with Gasteiger partial charge in [-0.1, -0.05) is 0 Å². The van der Waals surface area contributed by atoms with Crippen LogP contribution in [0.4, 0.5) is 0 Å². The lowest BCUT2D eigenvalue weighted by atomic mass is 10.2. The van der Waals surface area contributed by atoms with Crippen LogP contribution < -0.4 is 11.1 Å². The van der Waals surface area contributed by atoms with Gasteiger partial charge in [0, 0.05) is 12.5 Å². The molecule has 0 aromatic heterocycles. The molecule has 70 valence electrons. The number of hydrogen-bond acceptors (Lipinski definition) is 3. The molecule has 2 unspecified atom stereocenters. The number of nitrogens with two attached hydrogens (primary N) is 1. The maximum absolute atomic E-state index is 11.0. The highest BCUT2D eigenvalue weighted by Crippen LogP contribution is 1.91. The molecule has 0 aromatic rings. The minimum Gasteiger partial charge on any atom is -0.352 e. The van der Waals surface area contributed by atoms with Crippen molar-refractivity contribution in [3.8, 4) is 0 Å². The molecule has 1 amide bonds. The van der Waals surface area contributed by atoms with Crippen molar-refractivity contribution >= 4 is 11.7 Å². The van der Waals surface area contributed by atoms with Gasteiger partial charge in [0.05, 0.1) is 6.04 Å². The normalized spacial score (nSPS) is 15.0. The van der Waals surface area contributed by atoms with Gasteiger partial charge >= 0.3 is 0 Å². The molecule has 4 nitrogen and oxygen atoms in total. The average molecular weight is 172 g/mol. The average Bonchev–Trinajstić information content (AvgIpc) is 1.84. The molecule has 0 bridgehead atoms. The van der Waals surface area contributed by atoms with Gasteiger partial charge < -0.3 is 11.1 Å². The van der Waals surface area contributed by atoms with E-state index in [1.807, 2.05) is 0 Å². The van der Waals surface area contributed by atoms with E-state index in [1.54, 1.807) is 13.8 Å². The van der Waals surface area contributed by atoms with Crippen LogP contribution in [-0.2, 0) is 9.59 Å². The fraction of sp³-hybridized carbons (Fsp3) is 0.750. The van der Waals surface area contributed by atoms with Gasteiger partial charge in [-0.2, -0.15) is 0 Å². The van der Waals surface area contributed by atoms with E-state index in [4.69, 9.17) is 5.73 Å². The van der Waals surface area contributed by atoms with Gasteiger partial charge in [0.15, 0.2) is 0 Å². The van der Waals surface area contributed by atoms with Crippen LogP contribution in [0.25, 0.3) is 0 Å². The van der Waals surface area contributed by atoms with Crippen LogP contribution in [0.15, 0.2) is 0 Å². The monoisotopic (exact) mass is 172 g/mol. The Kier molecular flexibility index (Phi) is 4.51. The van der Waals surface area contributed by atoms with E-state index in [9.17, 15) is 9.59 Å². The summed E-state index contributed by atoms with van der Waals surface area (Å²) in [6.07, 6.45) is 0.360. The van der Waals surface area contributed by atoms with Crippen LogP contribution >= 0.6 is 0 Å². The van der Waals surface area contributed by atoms with Crippen LogP contribution in [-0.4, -0.2) is 23.8 Å². The second kappa shape index (κ2) is 4.87. The molecule has 0 saturated carbocycles. The number of Topliss-reactive ketones (excluding diaryl/α,β-unsaturated/α-hetero) is 1. The number of rotatable bonds is 4. The zero-order chi connectivity index (χ0) is 9.72. The van der Waals surface area contributed by atoms with E-state index in [1.165, 1.54) is 6.92 Å². The van der Waals surface area contributed by atoms with E-state index in [-0.39, 0.29) is 17.7 Å². The first-order valence-electron chi connectivity index (χ1n) is 3.99. The van der Waals surface area contributed by atoms with E-state index in [0.29, 0.717) is 6.42 Å². The lowest BCUT2D eigenvalue weighted by Crippen LogP contribution is -2.43. The second-order valence-electron chi connectivity index (χ2n) is 3.10. The Hall–Kier alpha value is -0.900. The van der Waals surface area contributed by atoms with Crippen LogP contribution in [0.5, 0.6) is 0 Å². The third kappa shape index (κ3) is 4.85. The number of nitrogens with one attached hydrogen (secondary N) is 1. The highest BCUT2D eigenvalue weighted by molar-refractivity contribution is 5.82. The number of carbonyl (C=O) groups excluding carboxylic acids is 2. The molecular weight excluding hydrogens is 156 g/mol. The van der Waals surface area contributed by atoms with Crippen molar-refractivity contribution in [2.24, 2.45) is 5.73 Å². The molecule has 0 heterocycles. The zero-order valence-corrected chi connectivity index (χ0v) is 7.76. The zero-order valence-electron chi connectivity index (χ0n) is 7.76. The summed E-state index contributed by atoms with van der Waals surface area (Å²) >= 11 is 0. The molecule has 3 N–H and O–H groups in total. The van der Waals surface area contributed by atoms with E-state index >= 15 is 0 Å². The number of amides is 1. The first-order valence-corrected chi connectivity index (χ1v) is 3.99. The number of ketones is 1. The lowest BCUT2D eigenvalue weighted by molar-refractivity contribution is -0.123. The molecule has 0 aliphatic heterocycles.